The molecule has 0 amide bonds. The molecule has 0 aromatic carbocycles. The maximum absolute atomic E-state index is 9.12. The highest BCUT2D eigenvalue weighted by Gasteiger charge is 2.44. The molecule has 1 unspecified atom stereocenters. The predicted molar refractivity (Wildman–Crippen MR) is 53.1 cm³/mol. The highest BCUT2D eigenvalue weighted by molar-refractivity contribution is 7.98. The van der Waals surface area contributed by atoms with Crippen LogP contribution in [-0.4, -0.2) is 24.1 Å². The average molecular weight is 184 g/mol. The zero-order chi connectivity index (χ0) is 9.03. The first-order chi connectivity index (χ1) is 5.79. The van der Waals surface area contributed by atoms with E-state index in [2.05, 4.69) is 24.6 Å². The summed E-state index contributed by atoms with van der Waals surface area (Å²) < 4.78 is 0. The fourth-order valence-corrected chi connectivity index (χ4v) is 2.45. The van der Waals surface area contributed by atoms with E-state index in [0.29, 0.717) is 5.92 Å². The Morgan fingerprint density at radius 3 is 2.67 bits per heavy atom. The van der Waals surface area contributed by atoms with Gasteiger partial charge in [0.15, 0.2) is 0 Å². The van der Waals surface area contributed by atoms with Crippen LogP contribution in [0.2, 0.25) is 0 Å². The molecule has 0 aromatic rings. The Morgan fingerprint density at radius 1 is 1.67 bits per heavy atom. The third-order valence-corrected chi connectivity index (χ3v) is 3.08. The molecule has 1 aliphatic carbocycles. The number of thioether (sulfide) groups is 1. The van der Waals surface area contributed by atoms with Crippen LogP contribution < -0.4 is 5.32 Å². The minimum absolute atomic E-state index is 0.228. The lowest BCUT2D eigenvalue weighted by atomic mass is 9.98. The van der Waals surface area contributed by atoms with Gasteiger partial charge in [-0.25, -0.2) is 0 Å². The lowest BCUT2D eigenvalue weighted by molar-refractivity contribution is 0.416. The first-order valence-electron chi connectivity index (χ1n) is 4.44. The van der Waals surface area contributed by atoms with Crippen LogP contribution in [0, 0.1) is 17.2 Å². The van der Waals surface area contributed by atoms with E-state index in [1.54, 1.807) is 11.8 Å². The molecule has 1 atom stereocenters. The monoisotopic (exact) mass is 184 g/mol. The van der Waals surface area contributed by atoms with E-state index in [4.69, 9.17) is 5.26 Å². The van der Waals surface area contributed by atoms with Crippen molar-refractivity contribution in [2.45, 2.75) is 25.3 Å². The largest absolute Gasteiger partial charge is 0.299 e. The number of nitrogens with one attached hydrogen (secondary N) is 1. The minimum Gasteiger partial charge on any atom is -0.299 e. The van der Waals surface area contributed by atoms with Crippen molar-refractivity contribution < 1.29 is 0 Å². The Morgan fingerprint density at radius 2 is 2.33 bits per heavy atom. The van der Waals surface area contributed by atoms with E-state index in [1.807, 2.05) is 0 Å². The topological polar surface area (TPSA) is 35.8 Å². The Balaban J connectivity index is 2.59. The quantitative estimate of drug-likeness (QED) is 0.705. The molecule has 2 nitrogen and oxygen atoms in total. The summed E-state index contributed by atoms with van der Waals surface area (Å²) in [5.74, 6) is 1.53. The molecule has 0 radical (unpaired) electrons. The number of rotatable bonds is 5. The zero-order valence-corrected chi connectivity index (χ0v) is 8.58. The number of hydrogen-bond acceptors (Lipinski definition) is 3. The maximum Gasteiger partial charge on any atom is 0.118 e. The van der Waals surface area contributed by atoms with Crippen LogP contribution in [-0.2, 0) is 0 Å². The van der Waals surface area contributed by atoms with Crippen LogP contribution in [0.15, 0.2) is 0 Å². The summed E-state index contributed by atoms with van der Waals surface area (Å²) in [5.41, 5.74) is -0.228. The van der Waals surface area contributed by atoms with Crippen LogP contribution >= 0.6 is 11.8 Å². The van der Waals surface area contributed by atoms with E-state index in [-0.39, 0.29) is 5.54 Å². The molecule has 68 valence electrons. The lowest BCUT2D eigenvalue weighted by Crippen LogP contribution is -2.48. The standard InChI is InChI=1S/C9H16N2S/c1-3-11-9(6-10,7-12-2)8-4-5-8/h8,11H,3-5,7H2,1-2H3. The summed E-state index contributed by atoms with van der Waals surface area (Å²) in [4.78, 5) is 0. The molecule has 0 heterocycles. The Hall–Kier alpha value is -0.200. The zero-order valence-electron chi connectivity index (χ0n) is 7.76. The highest BCUT2D eigenvalue weighted by atomic mass is 32.2. The van der Waals surface area contributed by atoms with E-state index in [0.717, 1.165) is 12.3 Å². The summed E-state index contributed by atoms with van der Waals surface area (Å²) >= 11 is 1.76. The average Bonchev–Trinajstić information content (AvgIpc) is 2.86. The van der Waals surface area contributed by atoms with Crippen LogP contribution in [0.4, 0.5) is 0 Å². The number of nitrogens with zero attached hydrogens (tertiary/aromatic N) is 1. The van der Waals surface area contributed by atoms with Crippen molar-refractivity contribution in [3.8, 4) is 6.07 Å². The van der Waals surface area contributed by atoms with Gasteiger partial charge in [0.05, 0.1) is 6.07 Å². The molecule has 0 saturated heterocycles. The Kier molecular flexibility index (Phi) is 3.42. The van der Waals surface area contributed by atoms with Crippen molar-refractivity contribution in [1.29, 1.82) is 5.26 Å². The molecule has 0 bridgehead atoms. The molecule has 0 aromatic heterocycles. The highest BCUT2D eigenvalue weighted by Crippen LogP contribution is 2.40. The minimum atomic E-state index is -0.228. The molecule has 3 heteroatoms. The molecule has 12 heavy (non-hydrogen) atoms. The third kappa shape index (κ3) is 1.94. The molecular weight excluding hydrogens is 168 g/mol. The van der Waals surface area contributed by atoms with Gasteiger partial charge in [-0.05, 0) is 31.6 Å². The fraction of sp³-hybridized carbons (Fsp3) is 0.889. The normalized spacial score (nSPS) is 21.4. The molecule has 0 aliphatic heterocycles. The molecule has 1 rings (SSSR count). The maximum atomic E-state index is 9.12. The second-order valence-electron chi connectivity index (χ2n) is 3.32. The molecular formula is C9H16N2S. The van der Waals surface area contributed by atoms with Gasteiger partial charge in [-0.15, -0.1) is 0 Å². The molecule has 1 N–H and O–H groups in total. The summed E-state index contributed by atoms with van der Waals surface area (Å²) in [5, 5.41) is 12.5. The van der Waals surface area contributed by atoms with E-state index >= 15 is 0 Å². The fourth-order valence-electron chi connectivity index (χ4n) is 1.60. The lowest BCUT2D eigenvalue weighted by Gasteiger charge is -2.26. The van der Waals surface area contributed by atoms with Gasteiger partial charge in [0.25, 0.3) is 0 Å². The van der Waals surface area contributed by atoms with E-state index in [1.165, 1.54) is 12.8 Å². The Bertz CT molecular complexity index is 175. The van der Waals surface area contributed by atoms with Crippen molar-refractivity contribution in [2.24, 2.45) is 5.92 Å². The third-order valence-electron chi connectivity index (χ3n) is 2.34. The van der Waals surface area contributed by atoms with Crippen molar-refractivity contribution in [3.63, 3.8) is 0 Å². The summed E-state index contributed by atoms with van der Waals surface area (Å²) in [6.07, 6.45) is 4.51. The second-order valence-corrected chi connectivity index (χ2v) is 4.19. The van der Waals surface area contributed by atoms with Crippen molar-refractivity contribution in [1.82, 2.24) is 5.32 Å². The first-order valence-corrected chi connectivity index (χ1v) is 5.83. The smallest absolute Gasteiger partial charge is 0.118 e. The molecule has 0 spiro atoms. The van der Waals surface area contributed by atoms with Crippen molar-refractivity contribution >= 4 is 11.8 Å². The molecule has 1 saturated carbocycles. The predicted octanol–water partition coefficient (Wildman–Crippen LogP) is 1.63. The van der Waals surface area contributed by atoms with Gasteiger partial charge in [-0.1, -0.05) is 6.92 Å². The van der Waals surface area contributed by atoms with Crippen molar-refractivity contribution in [3.05, 3.63) is 0 Å². The number of nitriles is 1. The van der Waals surface area contributed by atoms with Crippen LogP contribution in [0.1, 0.15) is 19.8 Å². The first kappa shape index (κ1) is 9.88. The summed E-state index contributed by atoms with van der Waals surface area (Å²) in [6.45, 7) is 2.96. The summed E-state index contributed by atoms with van der Waals surface area (Å²) in [6, 6.07) is 2.45. The molecule has 1 fully saturated rings. The van der Waals surface area contributed by atoms with Crippen LogP contribution in [0.5, 0.6) is 0 Å². The van der Waals surface area contributed by atoms with Gasteiger partial charge < -0.3 is 0 Å². The van der Waals surface area contributed by atoms with Crippen LogP contribution in [0.3, 0.4) is 0 Å². The van der Waals surface area contributed by atoms with Crippen molar-refractivity contribution in [2.75, 3.05) is 18.6 Å². The SMILES string of the molecule is CCNC(C#N)(CSC)C1CC1. The van der Waals surface area contributed by atoms with Gasteiger partial charge in [-0.2, -0.15) is 17.0 Å². The van der Waals surface area contributed by atoms with Gasteiger partial charge in [-0.3, -0.25) is 5.32 Å². The molecule has 1 aliphatic rings. The summed E-state index contributed by atoms with van der Waals surface area (Å²) in [7, 11) is 0. The van der Waals surface area contributed by atoms with E-state index in [9.17, 15) is 0 Å². The van der Waals surface area contributed by atoms with Gasteiger partial charge in [0.1, 0.15) is 5.54 Å². The second kappa shape index (κ2) is 4.15. The van der Waals surface area contributed by atoms with E-state index < -0.39 is 0 Å². The number of hydrogen-bond donors (Lipinski definition) is 1. The van der Waals surface area contributed by atoms with Gasteiger partial charge in [0, 0.05) is 5.75 Å². The van der Waals surface area contributed by atoms with Gasteiger partial charge >= 0.3 is 0 Å². The van der Waals surface area contributed by atoms with Gasteiger partial charge in [0.2, 0.25) is 0 Å². The Labute approximate surface area is 78.7 Å². The van der Waals surface area contributed by atoms with Crippen LogP contribution in [0.25, 0.3) is 0 Å².